The van der Waals surface area contributed by atoms with Gasteiger partial charge in [-0.05, 0) is 60.8 Å². The van der Waals surface area contributed by atoms with E-state index in [0.717, 1.165) is 33.1 Å². The molecule has 0 fully saturated rings. The van der Waals surface area contributed by atoms with Crippen molar-refractivity contribution in [2.45, 2.75) is 13.0 Å². The second kappa shape index (κ2) is 10.6. The number of rotatable bonds is 6. The third-order valence-corrected chi connectivity index (χ3v) is 8.56. The topological polar surface area (TPSA) is 87.7 Å². The Morgan fingerprint density at radius 3 is 2.48 bits per heavy atom. The minimum absolute atomic E-state index is 0.232. The lowest BCUT2D eigenvalue weighted by Gasteiger charge is -2.22. The van der Waals surface area contributed by atoms with E-state index in [9.17, 15) is 9.59 Å². The monoisotopic (exact) mass is 568 g/mol. The van der Waals surface area contributed by atoms with Crippen LogP contribution in [0.3, 0.4) is 0 Å². The molecular formula is C30H24N4O4S2. The summed E-state index contributed by atoms with van der Waals surface area (Å²) in [6, 6.07) is 20.7. The van der Waals surface area contributed by atoms with Gasteiger partial charge in [0.25, 0.3) is 5.56 Å². The van der Waals surface area contributed by atoms with E-state index in [1.165, 1.54) is 29.8 Å². The number of fused-ring (bicyclic) bond motifs is 1. The number of esters is 1. The summed E-state index contributed by atoms with van der Waals surface area (Å²) in [5.41, 5.74) is 3.94. The van der Waals surface area contributed by atoms with Gasteiger partial charge in [0.2, 0.25) is 0 Å². The molecule has 6 rings (SSSR count). The Morgan fingerprint density at radius 2 is 1.80 bits per heavy atom. The highest BCUT2D eigenvalue weighted by Crippen LogP contribution is 2.33. The molecule has 8 nitrogen and oxygen atoms in total. The number of benzene rings is 2. The quantitative estimate of drug-likeness (QED) is 0.285. The average Bonchev–Trinajstić information content (AvgIpc) is 3.73. The van der Waals surface area contributed by atoms with Gasteiger partial charge in [-0.25, -0.2) is 14.5 Å². The first-order chi connectivity index (χ1) is 19.5. The minimum Gasteiger partial charge on any atom is -0.497 e. The molecule has 10 heteroatoms. The number of carbonyl (C=O) groups is 1. The highest BCUT2D eigenvalue weighted by molar-refractivity contribution is 7.10. The summed E-state index contributed by atoms with van der Waals surface area (Å²) < 4.78 is 14.3. The Bertz CT molecular complexity index is 1920. The number of methoxy groups -OCH3 is 2. The number of aromatic nitrogens is 3. The second-order valence-electron chi connectivity index (χ2n) is 9.03. The molecule has 2 aromatic carbocycles. The molecule has 0 saturated carbocycles. The summed E-state index contributed by atoms with van der Waals surface area (Å²) in [6.07, 6.45) is 3.76. The zero-order valence-electron chi connectivity index (χ0n) is 21.9. The molecule has 0 N–H and O–H groups in total. The van der Waals surface area contributed by atoms with Crippen LogP contribution >= 0.6 is 22.7 Å². The van der Waals surface area contributed by atoms with Crippen LogP contribution in [0.1, 0.15) is 23.4 Å². The van der Waals surface area contributed by atoms with Crippen molar-refractivity contribution in [3.8, 4) is 22.7 Å². The number of hydrogen-bond donors (Lipinski definition) is 0. The Kier molecular flexibility index (Phi) is 6.79. The fraction of sp³-hybridized carbons (Fsp3) is 0.133. The van der Waals surface area contributed by atoms with Crippen molar-refractivity contribution >= 4 is 34.7 Å². The highest BCUT2D eigenvalue weighted by atomic mass is 32.1. The molecule has 1 atom stereocenters. The smallest absolute Gasteiger partial charge is 0.338 e. The van der Waals surface area contributed by atoms with Gasteiger partial charge in [-0.2, -0.15) is 5.10 Å². The van der Waals surface area contributed by atoms with Crippen LogP contribution < -0.4 is 19.6 Å². The molecule has 0 spiro atoms. The van der Waals surface area contributed by atoms with Gasteiger partial charge in [0, 0.05) is 22.2 Å². The van der Waals surface area contributed by atoms with Gasteiger partial charge in [-0.3, -0.25) is 9.36 Å². The molecule has 40 heavy (non-hydrogen) atoms. The maximum atomic E-state index is 14.0. The largest absolute Gasteiger partial charge is 0.497 e. The number of ether oxygens (including phenoxy) is 2. The fourth-order valence-electron chi connectivity index (χ4n) is 4.73. The summed E-state index contributed by atoms with van der Waals surface area (Å²) in [4.78, 5) is 32.8. The van der Waals surface area contributed by atoms with Gasteiger partial charge in [0.05, 0.1) is 35.7 Å². The zero-order valence-corrected chi connectivity index (χ0v) is 23.5. The van der Waals surface area contributed by atoms with E-state index in [2.05, 4.69) is 4.99 Å². The maximum absolute atomic E-state index is 14.0. The van der Waals surface area contributed by atoms with Gasteiger partial charge in [0.1, 0.15) is 17.5 Å². The lowest BCUT2D eigenvalue weighted by molar-refractivity contribution is -0.136. The normalized spacial score (nSPS) is 15.1. The first kappa shape index (κ1) is 25.7. The third-order valence-electron chi connectivity index (χ3n) is 6.65. The predicted molar refractivity (Wildman–Crippen MR) is 156 cm³/mol. The van der Waals surface area contributed by atoms with Crippen LogP contribution in [0.25, 0.3) is 23.0 Å². The van der Waals surface area contributed by atoms with Crippen molar-refractivity contribution in [3.05, 3.63) is 120 Å². The van der Waals surface area contributed by atoms with Crippen molar-refractivity contribution < 1.29 is 14.3 Å². The number of para-hydroxylation sites is 1. The lowest BCUT2D eigenvalue weighted by Crippen LogP contribution is -2.39. The number of allylic oxidation sites excluding steroid dienone is 1. The van der Waals surface area contributed by atoms with Crippen LogP contribution in [0.4, 0.5) is 0 Å². The minimum atomic E-state index is -0.612. The van der Waals surface area contributed by atoms with Crippen LogP contribution in [0.15, 0.2) is 99.4 Å². The van der Waals surface area contributed by atoms with Gasteiger partial charge in [-0.1, -0.05) is 35.6 Å². The first-order valence-electron chi connectivity index (χ1n) is 12.4. The Hall–Kier alpha value is -4.54. The molecule has 0 saturated heterocycles. The van der Waals surface area contributed by atoms with Crippen molar-refractivity contribution in [1.29, 1.82) is 0 Å². The molecule has 3 aromatic heterocycles. The predicted octanol–water partition coefficient (Wildman–Crippen LogP) is 4.33. The molecule has 0 bridgehead atoms. The van der Waals surface area contributed by atoms with Gasteiger partial charge in [-0.15, -0.1) is 11.3 Å². The Labute approximate surface area is 237 Å². The van der Waals surface area contributed by atoms with Crippen LogP contribution in [0, 0.1) is 0 Å². The molecule has 1 aliphatic heterocycles. The molecule has 1 unspecified atom stereocenters. The standard InChI is InChI=1S/C30H24N4O4S2/c1-18-25(29(36)38-3)27(23-10-7-15-39-23)34-28(35)24(40-30(34)31-18)16-20-17-33(21-8-5-4-6-9-21)32-26(20)19-11-13-22(37-2)14-12-19/h4-17,27H,1-3H3/b24-16+. The highest BCUT2D eigenvalue weighted by Gasteiger charge is 2.33. The Morgan fingerprint density at radius 1 is 1.02 bits per heavy atom. The number of hydrogen-bond acceptors (Lipinski definition) is 8. The number of thiazole rings is 1. The van der Waals surface area contributed by atoms with E-state index in [1.807, 2.05) is 84.4 Å². The summed E-state index contributed by atoms with van der Waals surface area (Å²) >= 11 is 2.77. The summed E-state index contributed by atoms with van der Waals surface area (Å²) in [5, 5.41) is 6.80. The van der Waals surface area contributed by atoms with E-state index in [0.29, 0.717) is 20.6 Å². The van der Waals surface area contributed by atoms with Crippen LogP contribution in [0.2, 0.25) is 0 Å². The molecule has 4 heterocycles. The van der Waals surface area contributed by atoms with Gasteiger partial charge >= 0.3 is 5.97 Å². The number of carbonyl (C=O) groups excluding carboxylic acids is 1. The van der Waals surface area contributed by atoms with Crippen LogP contribution in [-0.2, 0) is 9.53 Å². The molecule has 0 radical (unpaired) electrons. The molecule has 0 aliphatic carbocycles. The van der Waals surface area contributed by atoms with Gasteiger partial charge < -0.3 is 9.47 Å². The van der Waals surface area contributed by atoms with Crippen LogP contribution in [-0.4, -0.2) is 34.5 Å². The van der Waals surface area contributed by atoms with Gasteiger partial charge in [0.15, 0.2) is 4.80 Å². The van der Waals surface area contributed by atoms with Crippen molar-refractivity contribution in [2.24, 2.45) is 4.99 Å². The molecule has 200 valence electrons. The van der Waals surface area contributed by atoms with Crippen molar-refractivity contribution in [3.63, 3.8) is 0 Å². The van der Waals surface area contributed by atoms with E-state index in [-0.39, 0.29) is 5.56 Å². The van der Waals surface area contributed by atoms with Crippen molar-refractivity contribution in [1.82, 2.24) is 14.3 Å². The molecule has 0 amide bonds. The number of nitrogens with zero attached hydrogens (tertiary/aromatic N) is 4. The molecular weight excluding hydrogens is 544 g/mol. The van der Waals surface area contributed by atoms with E-state index >= 15 is 0 Å². The summed E-state index contributed by atoms with van der Waals surface area (Å²) in [6.45, 7) is 1.77. The SMILES string of the molecule is COC(=O)C1=C(C)N=c2s/c(=C/c3cn(-c4ccccc4)nc3-c3ccc(OC)cc3)c(=O)n2C1c1cccs1. The van der Waals surface area contributed by atoms with E-state index in [1.54, 1.807) is 23.3 Å². The summed E-state index contributed by atoms with van der Waals surface area (Å²) in [5.74, 6) is 0.242. The summed E-state index contributed by atoms with van der Waals surface area (Å²) in [7, 11) is 2.96. The second-order valence-corrected chi connectivity index (χ2v) is 11.0. The maximum Gasteiger partial charge on any atom is 0.338 e. The third kappa shape index (κ3) is 4.51. The van der Waals surface area contributed by atoms with E-state index < -0.39 is 12.0 Å². The lowest BCUT2D eigenvalue weighted by atomic mass is 10.0. The first-order valence-corrected chi connectivity index (χ1v) is 14.1. The van der Waals surface area contributed by atoms with E-state index in [4.69, 9.17) is 14.6 Å². The zero-order chi connectivity index (χ0) is 27.8. The van der Waals surface area contributed by atoms with Crippen molar-refractivity contribution in [2.75, 3.05) is 14.2 Å². The fourth-order valence-corrected chi connectivity index (χ4v) is 6.59. The average molecular weight is 569 g/mol. The number of thiophene rings is 1. The molecule has 1 aliphatic rings. The Balaban J connectivity index is 1.55. The van der Waals surface area contributed by atoms with Crippen LogP contribution in [0.5, 0.6) is 5.75 Å². The molecule has 5 aromatic rings.